The summed E-state index contributed by atoms with van der Waals surface area (Å²) in [5.41, 5.74) is 6.91. The molecule has 0 fully saturated rings. The van der Waals surface area contributed by atoms with Crippen LogP contribution in [0.5, 0.6) is 0 Å². The predicted molar refractivity (Wildman–Crippen MR) is 87.2 cm³/mol. The summed E-state index contributed by atoms with van der Waals surface area (Å²) in [4.78, 5) is 14.1. The van der Waals surface area contributed by atoms with Gasteiger partial charge >= 0.3 is 0 Å². The van der Waals surface area contributed by atoms with Gasteiger partial charge < -0.3 is 16.0 Å². The summed E-state index contributed by atoms with van der Waals surface area (Å²) >= 11 is 3.03. The van der Waals surface area contributed by atoms with E-state index in [0.29, 0.717) is 23.0 Å². The second-order valence-corrected chi connectivity index (χ2v) is 5.72. The third-order valence-corrected chi connectivity index (χ3v) is 3.62. The second kappa shape index (κ2) is 6.31. The number of halogens is 3. The minimum atomic E-state index is -0.865. The van der Waals surface area contributed by atoms with Crippen LogP contribution in [0.3, 0.4) is 0 Å². The summed E-state index contributed by atoms with van der Waals surface area (Å²) in [7, 11) is 3.55. The number of benzene rings is 2. The molecule has 4 nitrogen and oxygen atoms in total. The molecule has 0 atom stereocenters. The van der Waals surface area contributed by atoms with Gasteiger partial charge in [-0.3, -0.25) is 4.79 Å². The summed E-state index contributed by atoms with van der Waals surface area (Å²) in [6.07, 6.45) is 0. The predicted octanol–water partition coefficient (Wildman–Crippen LogP) is 3.63. The molecule has 2 rings (SSSR count). The van der Waals surface area contributed by atoms with E-state index in [1.54, 1.807) is 31.1 Å². The SMILES string of the molecule is CN(C)c1ccc(N)cc1C(=O)Nc1c(F)cc(F)cc1Br. The minimum absolute atomic E-state index is 0.119. The lowest BCUT2D eigenvalue weighted by Gasteiger charge is -2.18. The molecule has 0 unspecified atom stereocenters. The Bertz CT molecular complexity index is 712. The van der Waals surface area contributed by atoms with Gasteiger partial charge in [0.1, 0.15) is 5.82 Å². The Labute approximate surface area is 135 Å². The third-order valence-electron chi connectivity index (χ3n) is 2.99. The van der Waals surface area contributed by atoms with Gasteiger partial charge in [0.15, 0.2) is 5.82 Å². The van der Waals surface area contributed by atoms with Crippen LogP contribution >= 0.6 is 15.9 Å². The summed E-state index contributed by atoms with van der Waals surface area (Å²) in [5.74, 6) is -2.14. The maximum absolute atomic E-state index is 13.8. The highest BCUT2D eigenvalue weighted by atomic mass is 79.9. The summed E-state index contributed by atoms with van der Waals surface area (Å²) in [6.45, 7) is 0. The highest BCUT2D eigenvalue weighted by Gasteiger charge is 2.17. The number of amides is 1. The molecule has 1 amide bonds. The number of nitrogens with two attached hydrogens (primary N) is 1. The molecule has 0 aliphatic heterocycles. The molecule has 0 radical (unpaired) electrons. The molecule has 0 saturated heterocycles. The molecule has 7 heteroatoms. The van der Waals surface area contributed by atoms with Crippen molar-refractivity contribution in [1.29, 1.82) is 0 Å². The van der Waals surface area contributed by atoms with Crippen LogP contribution in [0, 0.1) is 11.6 Å². The summed E-state index contributed by atoms with van der Waals surface area (Å²) in [5, 5.41) is 2.43. The molecule has 22 heavy (non-hydrogen) atoms. The smallest absolute Gasteiger partial charge is 0.257 e. The van der Waals surface area contributed by atoms with Crippen molar-refractivity contribution >= 4 is 38.9 Å². The summed E-state index contributed by atoms with van der Waals surface area (Å²) < 4.78 is 27.0. The quantitative estimate of drug-likeness (QED) is 0.812. The fraction of sp³-hybridized carbons (Fsp3) is 0.133. The van der Waals surface area contributed by atoms with Crippen LogP contribution in [0.2, 0.25) is 0 Å². The van der Waals surface area contributed by atoms with E-state index in [9.17, 15) is 13.6 Å². The van der Waals surface area contributed by atoms with Crippen LogP contribution in [0.4, 0.5) is 25.8 Å². The van der Waals surface area contributed by atoms with Crippen LogP contribution < -0.4 is 16.0 Å². The first-order valence-electron chi connectivity index (χ1n) is 6.32. The largest absolute Gasteiger partial charge is 0.399 e. The second-order valence-electron chi connectivity index (χ2n) is 4.87. The molecule has 0 aromatic heterocycles. The fourth-order valence-corrected chi connectivity index (χ4v) is 2.48. The van der Waals surface area contributed by atoms with Crippen molar-refractivity contribution < 1.29 is 13.6 Å². The maximum Gasteiger partial charge on any atom is 0.257 e. The van der Waals surface area contributed by atoms with E-state index in [1.807, 2.05) is 0 Å². The lowest BCUT2D eigenvalue weighted by atomic mass is 10.1. The van der Waals surface area contributed by atoms with Gasteiger partial charge in [-0.05, 0) is 40.2 Å². The molecule has 0 aliphatic rings. The topological polar surface area (TPSA) is 58.4 Å². The first-order valence-corrected chi connectivity index (χ1v) is 7.11. The Balaban J connectivity index is 2.40. The monoisotopic (exact) mass is 369 g/mol. The lowest BCUT2D eigenvalue weighted by Crippen LogP contribution is -2.19. The number of anilines is 3. The molecule has 0 spiro atoms. The molecule has 2 aromatic rings. The number of hydrogen-bond donors (Lipinski definition) is 2. The zero-order valence-corrected chi connectivity index (χ0v) is 13.5. The van der Waals surface area contributed by atoms with Crippen LogP contribution in [-0.4, -0.2) is 20.0 Å². The molecule has 0 heterocycles. The highest BCUT2D eigenvalue weighted by molar-refractivity contribution is 9.10. The van der Waals surface area contributed by atoms with Crippen LogP contribution in [0.1, 0.15) is 10.4 Å². The first kappa shape index (κ1) is 16.2. The standard InChI is InChI=1S/C15H14BrF2N3O/c1-21(2)13-4-3-9(19)7-10(13)15(22)20-14-11(16)5-8(17)6-12(14)18/h3-7H,19H2,1-2H3,(H,20,22). The molecular formula is C15H14BrF2N3O. The normalized spacial score (nSPS) is 10.4. The van der Waals surface area contributed by atoms with Crippen LogP contribution in [0.25, 0.3) is 0 Å². The van der Waals surface area contributed by atoms with Gasteiger partial charge in [-0.25, -0.2) is 8.78 Å². The number of carbonyl (C=O) groups is 1. The van der Waals surface area contributed by atoms with Crippen molar-refractivity contribution in [2.75, 3.05) is 30.0 Å². The van der Waals surface area contributed by atoms with Crippen LogP contribution in [-0.2, 0) is 0 Å². The molecule has 3 N–H and O–H groups in total. The number of hydrogen-bond acceptors (Lipinski definition) is 3. The van der Waals surface area contributed by atoms with Crippen molar-refractivity contribution in [1.82, 2.24) is 0 Å². The zero-order chi connectivity index (χ0) is 16.4. The van der Waals surface area contributed by atoms with Crippen LogP contribution in [0.15, 0.2) is 34.8 Å². The molecule has 0 saturated carbocycles. The van der Waals surface area contributed by atoms with Gasteiger partial charge in [0, 0.05) is 36.0 Å². The van der Waals surface area contributed by atoms with E-state index < -0.39 is 17.5 Å². The number of rotatable bonds is 3. The first-order chi connectivity index (χ1) is 10.3. The Morgan fingerprint density at radius 1 is 1.23 bits per heavy atom. The Kier molecular flexibility index (Phi) is 4.65. The number of nitrogen functional groups attached to an aromatic ring is 1. The molecule has 0 bridgehead atoms. The van der Waals surface area contributed by atoms with Crippen molar-refractivity contribution in [3.63, 3.8) is 0 Å². The molecule has 116 valence electrons. The molecule has 2 aromatic carbocycles. The Morgan fingerprint density at radius 3 is 2.50 bits per heavy atom. The van der Waals surface area contributed by atoms with E-state index in [-0.39, 0.29) is 10.2 Å². The van der Waals surface area contributed by atoms with Gasteiger partial charge in [0.25, 0.3) is 5.91 Å². The van der Waals surface area contributed by atoms with E-state index in [1.165, 1.54) is 6.07 Å². The van der Waals surface area contributed by atoms with Crippen molar-refractivity contribution in [3.8, 4) is 0 Å². The van der Waals surface area contributed by atoms with E-state index in [0.717, 1.165) is 6.07 Å². The van der Waals surface area contributed by atoms with Gasteiger partial charge in [-0.15, -0.1) is 0 Å². The fourth-order valence-electron chi connectivity index (χ4n) is 1.97. The van der Waals surface area contributed by atoms with Crippen molar-refractivity contribution in [2.24, 2.45) is 0 Å². The number of nitrogens with zero attached hydrogens (tertiary/aromatic N) is 1. The van der Waals surface area contributed by atoms with Gasteiger partial charge in [0.05, 0.1) is 11.3 Å². The van der Waals surface area contributed by atoms with E-state index in [2.05, 4.69) is 21.2 Å². The molecular weight excluding hydrogens is 356 g/mol. The van der Waals surface area contributed by atoms with E-state index >= 15 is 0 Å². The third kappa shape index (κ3) is 3.36. The lowest BCUT2D eigenvalue weighted by molar-refractivity contribution is 0.102. The minimum Gasteiger partial charge on any atom is -0.399 e. The summed E-state index contributed by atoms with van der Waals surface area (Å²) in [6, 6.07) is 6.64. The average molecular weight is 370 g/mol. The van der Waals surface area contributed by atoms with Crippen molar-refractivity contribution in [2.45, 2.75) is 0 Å². The van der Waals surface area contributed by atoms with E-state index in [4.69, 9.17) is 5.73 Å². The Hall–Kier alpha value is -2.15. The average Bonchev–Trinajstić information content (AvgIpc) is 2.42. The molecule has 0 aliphatic carbocycles. The van der Waals surface area contributed by atoms with Gasteiger partial charge in [-0.1, -0.05) is 0 Å². The zero-order valence-electron chi connectivity index (χ0n) is 12.0. The maximum atomic E-state index is 13.8. The Morgan fingerprint density at radius 2 is 1.91 bits per heavy atom. The number of carbonyl (C=O) groups excluding carboxylic acids is 1. The highest BCUT2D eigenvalue weighted by Crippen LogP contribution is 2.29. The van der Waals surface area contributed by atoms with Crippen molar-refractivity contribution in [3.05, 3.63) is 52.0 Å². The number of nitrogens with one attached hydrogen (secondary N) is 1. The van der Waals surface area contributed by atoms with Gasteiger partial charge in [0.2, 0.25) is 0 Å². The van der Waals surface area contributed by atoms with Gasteiger partial charge in [-0.2, -0.15) is 0 Å².